The number of amides is 2. The monoisotopic (exact) mass is 454 g/mol. The Bertz CT molecular complexity index is 895. The molecule has 0 spiro atoms. The highest BCUT2D eigenvalue weighted by Crippen LogP contribution is 2.29. The summed E-state index contributed by atoms with van der Waals surface area (Å²) in [4.78, 5) is 23.7. The first kappa shape index (κ1) is 21.3. The van der Waals surface area contributed by atoms with Crippen molar-refractivity contribution in [3.05, 3.63) is 23.7 Å². The van der Waals surface area contributed by atoms with Gasteiger partial charge in [-0.15, -0.1) is 10.2 Å². The Morgan fingerprint density at radius 1 is 0.897 bits per heavy atom. The summed E-state index contributed by atoms with van der Waals surface area (Å²) in [7, 11) is 0. The van der Waals surface area contributed by atoms with Gasteiger partial charge in [0.15, 0.2) is 20.3 Å². The summed E-state index contributed by atoms with van der Waals surface area (Å²) in [5.74, 6) is 2.96. The van der Waals surface area contributed by atoms with Crippen LogP contribution in [0.25, 0.3) is 0 Å². The van der Waals surface area contributed by atoms with Crippen LogP contribution in [-0.4, -0.2) is 43.8 Å². The molecule has 3 heterocycles. The van der Waals surface area contributed by atoms with Gasteiger partial charge in [-0.2, -0.15) is 0 Å². The third-order valence-electron chi connectivity index (χ3n) is 3.29. The lowest BCUT2D eigenvalue weighted by Gasteiger charge is -1.99. The second-order valence-electron chi connectivity index (χ2n) is 5.77. The van der Waals surface area contributed by atoms with Crippen LogP contribution < -0.4 is 10.6 Å². The van der Waals surface area contributed by atoms with E-state index in [4.69, 9.17) is 9.05 Å². The number of thioether (sulfide) groups is 2. The molecule has 0 saturated carbocycles. The third-order valence-corrected chi connectivity index (χ3v) is 6.48. The minimum Gasteiger partial charge on any atom is -0.360 e. The van der Waals surface area contributed by atoms with Crippen molar-refractivity contribution in [1.82, 2.24) is 20.5 Å². The highest BCUT2D eigenvalue weighted by molar-refractivity contribution is 8.03. The van der Waals surface area contributed by atoms with Crippen molar-refractivity contribution < 1.29 is 18.6 Å². The van der Waals surface area contributed by atoms with Crippen LogP contribution in [0, 0.1) is 13.8 Å². The molecule has 0 aliphatic carbocycles. The zero-order valence-corrected chi connectivity index (χ0v) is 18.1. The molecule has 0 aliphatic rings. The predicted octanol–water partition coefficient (Wildman–Crippen LogP) is 3.37. The molecule has 3 aromatic rings. The van der Waals surface area contributed by atoms with E-state index in [9.17, 15) is 9.59 Å². The van der Waals surface area contributed by atoms with Crippen LogP contribution in [0.1, 0.15) is 24.4 Å². The number of carbonyl (C=O) groups excluding carboxylic acids is 2. The Balaban J connectivity index is 1.31. The molecule has 0 aliphatic heterocycles. The molecule has 13 heteroatoms. The molecule has 0 fully saturated rings. The van der Waals surface area contributed by atoms with Gasteiger partial charge < -0.3 is 19.7 Å². The molecule has 0 bridgehead atoms. The largest absolute Gasteiger partial charge is 0.360 e. The van der Waals surface area contributed by atoms with E-state index >= 15 is 0 Å². The van der Waals surface area contributed by atoms with Gasteiger partial charge in [0.25, 0.3) is 0 Å². The van der Waals surface area contributed by atoms with E-state index in [-0.39, 0.29) is 11.8 Å². The predicted molar refractivity (Wildman–Crippen MR) is 110 cm³/mol. The minimum absolute atomic E-state index is 0.141. The number of carbonyl (C=O) groups is 2. The van der Waals surface area contributed by atoms with Crippen molar-refractivity contribution in [2.24, 2.45) is 0 Å². The lowest BCUT2D eigenvalue weighted by atomic mass is 10.4. The van der Waals surface area contributed by atoms with E-state index in [1.165, 1.54) is 34.9 Å². The first-order chi connectivity index (χ1) is 14.0. The van der Waals surface area contributed by atoms with Crippen molar-refractivity contribution in [3.63, 3.8) is 0 Å². The molecule has 0 saturated heterocycles. The molecule has 0 radical (unpaired) electrons. The van der Waals surface area contributed by atoms with E-state index < -0.39 is 0 Å². The number of hydrogen-bond donors (Lipinski definition) is 2. The number of anilines is 2. The summed E-state index contributed by atoms with van der Waals surface area (Å²) >= 11 is 4.35. The molecule has 3 rings (SSSR count). The Hall–Kier alpha value is -2.38. The van der Waals surface area contributed by atoms with Gasteiger partial charge in [-0.1, -0.05) is 45.2 Å². The molecule has 0 atom stereocenters. The first-order valence-electron chi connectivity index (χ1n) is 8.53. The fourth-order valence-corrected chi connectivity index (χ4v) is 5.07. The smallest absolute Gasteiger partial charge is 0.226 e. The van der Waals surface area contributed by atoms with Crippen LogP contribution in [0.15, 0.2) is 29.9 Å². The average molecular weight is 455 g/mol. The molecule has 154 valence electrons. The molecular formula is C16H18N6O4S3. The van der Waals surface area contributed by atoms with Crippen molar-refractivity contribution in [1.29, 1.82) is 0 Å². The molecule has 0 unspecified atom stereocenters. The first-order valence-corrected chi connectivity index (χ1v) is 11.3. The minimum atomic E-state index is -0.141. The van der Waals surface area contributed by atoms with Crippen LogP contribution >= 0.6 is 34.9 Å². The maximum Gasteiger partial charge on any atom is 0.226 e. The number of nitrogens with zero attached hydrogens (tertiary/aromatic N) is 4. The normalized spacial score (nSPS) is 10.8. The summed E-state index contributed by atoms with van der Waals surface area (Å²) in [5, 5.41) is 21.0. The Morgan fingerprint density at radius 2 is 1.34 bits per heavy atom. The van der Waals surface area contributed by atoms with Gasteiger partial charge in [-0.05, 0) is 13.8 Å². The van der Waals surface area contributed by atoms with Crippen LogP contribution in [0.5, 0.6) is 0 Å². The fraction of sp³-hybridized carbons (Fsp3) is 0.375. The van der Waals surface area contributed by atoms with Gasteiger partial charge in [0.05, 0.1) is 0 Å². The van der Waals surface area contributed by atoms with Gasteiger partial charge >= 0.3 is 0 Å². The highest BCUT2D eigenvalue weighted by atomic mass is 32.2. The van der Waals surface area contributed by atoms with Crippen LogP contribution in [-0.2, 0) is 9.59 Å². The fourth-order valence-electron chi connectivity index (χ4n) is 2.04. The number of nitrogens with one attached hydrogen (secondary N) is 2. The summed E-state index contributed by atoms with van der Waals surface area (Å²) in [5.41, 5.74) is 0. The summed E-state index contributed by atoms with van der Waals surface area (Å²) in [6, 6.07) is 3.32. The van der Waals surface area contributed by atoms with Crippen molar-refractivity contribution >= 4 is 58.3 Å². The second-order valence-corrected chi connectivity index (χ2v) is 9.43. The van der Waals surface area contributed by atoms with Crippen molar-refractivity contribution in [3.8, 4) is 0 Å². The van der Waals surface area contributed by atoms with Crippen LogP contribution in [0.4, 0.5) is 11.6 Å². The van der Waals surface area contributed by atoms with E-state index in [0.717, 1.165) is 8.68 Å². The quantitative estimate of drug-likeness (QED) is 0.439. The van der Waals surface area contributed by atoms with Crippen LogP contribution in [0.2, 0.25) is 0 Å². The lowest BCUT2D eigenvalue weighted by Crippen LogP contribution is -2.12. The summed E-state index contributed by atoms with van der Waals surface area (Å²) in [6.07, 6.45) is 0.640. The Morgan fingerprint density at radius 3 is 1.72 bits per heavy atom. The van der Waals surface area contributed by atoms with Gasteiger partial charge in [-0.3, -0.25) is 9.59 Å². The van der Waals surface area contributed by atoms with Gasteiger partial charge in [0.2, 0.25) is 11.8 Å². The number of hydrogen-bond acceptors (Lipinski definition) is 11. The summed E-state index contributed by atoms with van der Waals surface area (Å²) in [6.45, 7) is 3.51. The van der Waals surface area contributed by atoms with E-state index in [1.54, 1.807) is 26.0 Å². The molecule has 29 heavy (non-hydrogen) atoms. The zero-order chi connectivity index (χ0) is 20.6. The Kier molecular flexibility index (Phi) is 7.66. The molecule has 2 N–H and O–H groups in total. The molecule has 2 amide bonds. The Labute approximate surface area is 178 Å². The maximum atomic E-state index is 11.9. The maximum absolute atomic E-state index is 11.9. The van der Waals surface area contributed by atoms with E-state index in [0.29, 0.717) is 47.5 Å². The van der Waals surface area contributed by atoms with Crippen molar-refractivity contribution in [2.75, 3.05) is 22.1 Å². The van der Waals surface area contributed by atoms with E-state index in [2.05, 4.69) is 31.1 Å². The van der Waals surface area contributed by atoms with E-state index in [1.807, 2.05) is 0 Å². The van der Waals surface area contributed by atoms with Gasteiger partial charge in [-0.25, -0.2) is 0 Å². The number of aromatic nitrogens is 4. The molecule has 0 aromatic carbocycles. The van der Waals surface area contributed by atoms with Gasteiger partial charge in [0, 0.05) is 36.5 Å². The topological polar surface area (TPSA) is 136 Å². The average Bonchev–Trinajstić information content (AvgIpc) is 3.38. The lowest BCUT2D eigenvalue weighted by molar-refractivity contribution is -0.116. The van der Waals surface area contributed by atoms with Gasteiger partial charge in [0.1, 0.15) is 11.5 Å². The molecule has 10 nitrogen and oxygen atoms in total. The zero-order valence-electron chi connectivity index (χ0n) is 15.6. The molecule has 3 aromatic heterocycles. The SMILES string of the molecule is Cc1cc(NC(=O)CCSc2nnc(SCCC(=O)Nc3cc(C)on3)s2)no1. The van der Waals surface area contributed by atoms with Crippen molar-refractivity contribution in [2.45, 2.75) is 35.4 Å². The number of aryl methyl sites for hydroxylation is 2. The summed E-state index contributed by atoms with van der Waals surface area (Å²) < 4.78 is 11.4. The number of rotatable bonds is 10. The molecular weight excluding hydrogens is 436 g/mol. The highest BCUT2D eigenvalue weighted by Gasteiger charge is 2.11. The third kappa shape index (κ3) is 7.18. The van der Waals surface area contributed by atoms with Crippen LogP contribution in [0.3, 0.4) is 0 Å². The second kappa shape index (κ2) is 10.4. The standard InChI is InChI=1S/C16H18N6O4S3/c1-9-7-11(21-25-9)17-13(23)3-5-27-15-19-20-16(29-15)28-6-4-14(24)18-12-8-10(2)26-22-12/h7-8H,3-6H2,1-2H3,(H,17,21,23)(H,18,22,24).